The van der Waals surface area contributed by atoms with Crippen LogP contribution >= 0.6 is 12.2 Å². The summed E-state index contributed by atoms with van der Waals surface area (Å²) in [6.45, 7) is 3.86. The van der Waals surface area contributed by atoms with Crippen LogP contribution in [-0.2, 0) is 14.8 Å². The monoisotopic (exact) mass is 483 g/mol. The first kappa shape index (κ1) is 24.1. The van der Waals surface area contributed by atoms with E-state index in [9.17, 15) is 17.6 Å². The number of rotatable bonds is 6. The minimum Gasteiger partial charge on any atom is -0.332 e. The van der Waals surface area contributed by atoms with E-state index < -0.39 is 15.9 Å². The SMILES string of the molecule is Cc1ccc(NS(=O)(=O)c2ccc(NC(=S)NC(=O)/C=C/c3ccc(F)cc3)cc2)cc1C. The molecule has 9 heteroatoms. The van der Waals surface area contributed by atoms with Gasteiger partial charge in [-0.3, -0.25) is 14.8 Å². The average molecular weight is 484 g/mol. The van der Waals surface area contributed by atoms with Crippen LogP contribution in [0, 0.1) is 19.7 Å². The van der Waals surface area contributed by atoms with E-state index >= 15 is 0 Å². The second-order valence-electron chi connectivity index (χ2n) is 7.26. The van der Waals surface area contributed by atoms with Crippen molar-refractivity contribution >= 4 is 50.7 Å². The van der Waals surface area contributed by atoms with Crippen molar-refractivity contribution in [2.45, 2.75) is 18.7 Å². The second-order valence-corrected chi connectivity index (χ2v) is 9.35. The number of halogens is 1. The third-order valence-electron chi connectivity index (χ3n) is 4.72. The Morgan fingerprint density at radius 2 is 1.55 bits per heavy atom. The van der Waals surface area contributed by atoms with Gasteiger partial charge >= 0.3 is 0 Å². The summed E-state index contributed by atoms with van der Waals surface area (Å²) in [6, 6.07) is 17.0. The van der Waals surface area contributed by atoms with E-state index in [-0.39, 0.29) is 15.8 Å². The molecule has 0 bridgehead atoms. The number of aryl methyl sites for hydroxylation is 2. The van der Waals surface area contributed by atoms with E-state index in [0.717, 1.165) is 11.1 Å². The van der Waals surface area contributed by atoms with Gasteiger partial charge in [-0.1, -0.05) is 18.2 Å². The van der Waals surface area contributed by atoms with Crippen molar-refractivity contribution in [2.24, 2.45) is 0 Å². The zero-order valence-corrected chi connectivity index (χ0v) is 19.6. The van der Waals surface area contributed by atoms with Gasteiger partial charge in [0.2, 0.25) is 5.91 Å². The van der Waals surface area contributed by atoms with Crippen molar-refractivity contribution in [1.82, 2.24) is 5.32 Å². The Labute approximate surface area is 197 Å². The lowest BCUT2D eigenvalue weighted by Crippen LogP contribution is -2.32. The highest BCUT2D eigenvalue weighted by Gasteiger charge is 2.14. The molecule has 0 fully saturated rings. The van der Waals surface area contributed by atoms with E-state index in [2.05, 4.69) is 15.4 Å². The van der Waals surface area contributed by atoms with Gasteiger partial charge in [-0.2, -0.15) is 0 Å². The number of anilines is 2. The number of carbonyl (C=O) groups excluding carboxylic acids is 1. The summed E-state index contributed by atoms with van der Waals surface area (Å²) in [5, 5.41) is 5.36. The predicted octanol–water partition coefficient (Wildman–Crippen LogP) is 4.77. The Morgan fingerprint density at radius 3 is 2.18 bits per heavy atom. The molecule has 0 aliphatic carbocycles. The number of thiocarbonyl (C=S) groups is 1. The maximum absolute atomic E-state index is 12.9. The quantitative estimate of drug-likeness (QED) is 0.347. The molecule has 3 aromatic carbocycles. The van der Waals surface area contributed by atoms with Gasteiger partial charge in [0.05, 0.1) is 4.90 Å². The highest BCUT2D eigenvalue weighted by molar-refractivity contribution is 7.92. The molecule has 3 N–H and O–H groups in total. The molecule has 0 saturated carbocycles. The molecule has 1 amide bonds. The smallest absolute Gasteiger partial charge is 0.261 e. The summed E-state index contributed by atoms with van der Waals surface area (Å²) in [7, 11) is -3.76. The van der Waals surface area contributed by atoms with Crippen LogP contribution in [0.5, 0.6) is 0 Å². The first-order valence-corrected chi connectivity index (χ1v) is 11.8. The molecule has 0 aliphatic heterocycles. The van der Waals surface area contributed by atoms with Gasteiger partial charge < -0.3 is 5.32 Å². The van der Waals surface area contributed by atoms with Crippen molar-refractivity contribution in [3.05, 3.63) is 95.3 Å². The molecule has 33 heavy (non-hydrogen) atoms. The third kappa shape index (κ3) is 6.96. The van der Waals surface area contributed by atoms with E-state index in [1.54, 1.807) is 36.4 Å². The minimum absolute atomic E-state index is 0.0487. The molecule has 0 aliphatic rings. The molecule has 0 aromatic heterocycles. The van der Waals surface area contributed by atoms with Crippen LogP contribution in [0.15, 0.2) is 77.7 Å². The van der Waals surface area contributed by atoms with E-state index in [1.807, 2.05) is 19.9 Å². The Morgan fingerprint density at radius 1 is 0.909 bits per heavy atom. The molecule has 3 rings (SSSR count). The largest absolute Gasteiger partial charge is 0.332 e. The normalized spacial score (nSPS) is 11.2. The first-order valence-electron chi connectivity index (χ1n) is 9.88. The van der Waals surface area contributed by atoms with E-state index in [0.29, 0.717) is 16.9 Å². The number of carbonyl (C=O) groups is 1. The zero-order chi connectivity index (χ0) is 24.0. The standard InChI is InChI=1S/C24H22FN3O3S2/c1-16-3-9-21(15-17(16)2)28-33(30,31)22-12-10-20(11-13-22)26-24(32)27-23(29)14-6-18-4-7-19(25)8-5-18/h3-15,28H,1-2H3,(H2,26,27,29,32)/b14-6+. The summed E-state index contributed by atoms with van der Waals surface area (Å²) in [6.07, 6.45) is 2.80. The summed E-state index contributed by atoms with van der Waals surface area (Å²) in [5.74, 6) is -0.824. The van der Waals surface area contributed by atoms with Crippen LogP contribution in [0.2, 0.25) is 0 Å². The lowest BCUT2D eigenvalue weighted by Gasteiger charge is -2.11. The van der Waals surface area contributed by atoms with Crippen LogP contribution in [0.1, 0.15) is 16.7 Å². The van der Waals surface area contributed by atoms with Crippen molar-refractivity contribution in [2.75, 3.05) is 10.0 Å². The van der Waals surface area contributed by atoms with Gasteiger partial charge in [0.15, 0.2) is 5.11 Å². The van der Waals surface area contributed by atoms with Gasteiger partial charge in [-0.05, 0) is 97.4 Å². The lowest BCUT2D eigenvalue weighted by atomic mass is 10.1. The van der Waals surface area contributed by atoms with Gasteiger partial charge in [-0.25, -0.2) is 12.8 Å². The molecule has 0 atom stereocenters. The topological polar surface area (TPSA) is 87.3 Å². The fraction of sp³-hybridized carbons (Fsp3) is 0.0833. The van der Waals surface area contributed by atoms with Crippen LogP contribution in [0.3, 0.4) is 0 Å². The third-order valence-corrected chi connectivity index (χ3v) is 6.32. The maximum Gasteiger partial charge on any atom is 0.261 e. The summed E-state index contributed by atoms with van der Waals surface area (Å²) in [4.78, 5) is 12.1. The summed E-state index contributed by atoms with van der Waals surface area (Å²) >= 11 is 5.12. The van der Waals surface area contributed by atoms with Crippen molar-refractivity contribution in [3.8, 4) is 0 Å². The van der Waals surface area contributed by atoms with Crippen LogP contribution < -0.4 is 15.4 Å². The Bertz CT molecular complexity index is 1300. The van der Waals surface area contributed by atoms with Crippen molar-refractivity contribution in [1.29, 1.82) is 0 Å². The van der Waals surface area contributed by atoms with E-state index in [4.69, 9.17) is 12.2 Å². The molecule has 0 spiro atoms. The molecule has 3 aromatic rings. The van der Waals surface area contributed by atoms with Crippen molar-refractivity contribution in [3.63, 3.8) is 0 Å². The number of hydrogen-bond acceptors (Lipinski definition) is 4. The molecule has 6 nitrogen and oxygen atoms in total. The first-order chi connectivity index (χ1) is 15.6. The van der Waals surface area contributed by atoms with Crippen LogP contribution in [-0.4, -0.2) is 19.4 Å². The van der Waals surface area contributed by atoms with Gasteiger partial charge in [-0.15, -0.1) is 0 Å². The molecular weight excluding hydrogens is 461 g/mol. The number of benzene rings is 3. The van der Waals surface area contributed by atoms with Gasteiger partial charge in [0.1, 0.15) is 5.82 Å². The zero-order valence-electron chi connectivity index (χ0n) is 17.9. The highest BCUT2D eigenvalue weighted by atomic mass is 32.2. The second kappa shape index (κ2) is 10.4. The average Bonchev–Trinajstić information content (AvgIpc) is 2.76. The summed E-state index contributed by atoms with van der Waals surface area (Å²) < 4.78 is 40.8. The fourth-order valence-electron chi connectivity index (χ4n) is 2.80. The molecule has 0 heterocycles. The van der Waals surface area contributed by atoms with Crippen LogP contribution in [0.25, 0.3) is 6.08 Å². The predicted molar refractivity (Wildman–Crippen MR) is 133 cm³/mol. The van der Waals surface area contributed by atoms with Crippen LogP contribution in [0.4, 0.5) is 15.8 Å². The van der Waals surface area contributed by atoms with Gasteiger partial charge in [0, 0.05) is 17.5 Å². The Hall–Kier alpha value is -3.56. The molecule has 0 saturated heterocycles. The molecular formula is C24H22FN3O3S2. The van der Waals surface area contributed by atoms with Crippen molar-refractivity contribution < 1.29 is 17.6 Å². The Balaban J connectivity index is 1.57. The maximum atomic E-state index is 12.9. The molecule has 0 radical (unpaired) electrons. The molecule has 170 valence electrons. The minimum atomic E-state index is -3.76. The number of amides is 1. The number of nitrogens with one attached hydrogen (secondary N) is 3. The number of hydrogen-bond donors (Lipinski definition) is 3. The van der Waals surface area contributed by atoms with Gasteiger partial charge in [0.25, 0.3) is 10.0 Å². The fourth-order valence-corrected chi connectivity index (χ4v) is 4.07. The lowest BCUT2D eigenvalue weighted by molar-refractivity contribution is -0.115. The highest BCUT2D eigenvalue weighted by Crippen LogP contribution is 2.20. The number of sulfonamides is 1. The Kier molecular flexibility index (Phi) is 7.57. The summed E-state index contributed by atoms with van der Waals surface area (Å²) in [5.41, 5.74) is 3.71. The van der Waals surface area contributed by atoms with E-state index in [1.165, 1.54) is 36.4 Å². The molecule has 0 unspecified atom stereocenters.